The second-order valence-corrected chi connectivity index (χ2v) is 4.32. The zero-order valence-corrected chi connectivity index (χ0v) is 10.3. The Bertz CT molecular complexity index is 553. The van der Waals surface area contributed by atoms with Gasteiger partial charge in [-0.2, -0.15) is 0 Å². The van der Waals surface area contributed by atoms with Gasteiger partial charge in [-0.1, -0.05) is 11.6 Å². The van der Waals surface area contributed by atoms with Gasteiger partial charge in [0.25, 0.3) is 0 Å². The Morgan fingerprint density at radius 1 is 1.33 bits per heavy atom. The molecule has 0 aliphatic heterocycles. The van der Waals surface area contributed by atoms with E-state index in [0.717, 1.165) is 0 Å². The third-order valence-corrected chi connectivity index (χ3v) is 2.77. The molecule has 1 aromatic heterocycles. The Labute approximate surface area is 108 Å². The molecule has 18 heavy (non-hydrogen) atoms. The van der Waals surface area contributed by atoms with Gasteiger partial charge >= 0.3 is 0 Å². The molecule has 0 aliphatic carbocycles. The number of aromatic nitrogens is 1. The molecule has 2 unspecified atom stereocenters. The van der Waals surface area contributed by atoms with Gasteiger partial charge in [0.05, 0.1) is 17.3 Å². The number of hydrogen-bond donors (Lipinski definition) is 3. The summed E-state index contributed by atoms with van der Waals surface area (Å²) in [7, 11) is 0. The highest BCUT2D eigenvalue weighted by molar-refractivity contribution is 6.32. The van der Waals surface area contributed by atoms with Gasteiger partial charge < -0.3 is 19.7 Å². The lowest BCUT2D eigenvalue weighted by Crippen LogP contribution is -2.13. The van der Waals surface area contributed by atoms with Crippen molar-refractivity contribution in [1.29, 1.82) is 0 Å². The number of aliphatic hydroxyl groups is 2. The second kappa shape index (κ2) is 4.97. The van der Waals surface area contributed by atoms with Crippen molar-refractivity contribution in [2.24, 2.45) is 0 Å². The molecule has 5 nitrogen and oxygen atoms in total. The Kier molecular flexibility index (Phi) is 3.56. The van der Waals surface area contributed by atoms with Crippen LogP contribution >= 0.6 is 11.6 Å². The highest BCUT2D eigenvalue weighted by Crippen LogP contribution is 2.30. The molecule has 2 atom stereocenters. The third kappa shape index (κ3) is 2.48. The van der Waals surface area contributed by atoms with Crippen LogP contribution < -0.4 is 0 Å². The quantitative estimate of drug-likeness (QED) is 0.794. The van der Waals surface area contributed by atoms with E-state index in [0.29, 0.717) is 11.3 Å². The zero-order valence-electron chi connectivity index (χ0n) is 9.54. The van der Waals surface area contributed by atoms with Crippen molar-refractivity contribution < 1.29 is 19.7 Å². The third-order valence-electron chi connectivity index (χ3n) is 2.47. The van der Waals surface area contributed by atoms with Crippen LogP contribution in [-0.2, 0) is 0 Å². The van der Waals surface area contributed by atoms with Crippen molar-refractivity contribution in [2.75, 3.05) is 0 Å². The fraction of sp³-hybridized carbons (Fsp3) is 0.250. The van der Waals surface area contributed by atoms with Crippen molar-refractivity contribution in [2.45, 2.75) is 19.1 Å². The first-order valence-electron chi connectivity index (χ1n) is 5.30. The number of oxazole rings is 1. The predicted octanol–water partition coefficient (Wildman–Crippen LogP) is 2.11. The first-order valence-corrected chi connectivity index (χ1v) is 5.67. The van der Waals surface area contributed by atoms with E-state index < -0.39 is 12.2 Å². The summed E-state index contributed by atoms with van der Waals surface area (Å²) < 4.78 is 5.33. The van der Waals surface area contributed by atoms with Crippen molar-refractivity contribution in [1.82, 2.24) is 4.98 Å². The molecule has 0 spiro atoms. The zero-order chi connectivity index (χ0) is 13.3. The monoisotopic (exact) mass is 269 g/mol. The molecular formula is C12H12ClNO4. The number of aromatic hydroxyl groups is 1. The SMILES string of the molecule is CC(O)C(O)c1ncc(-c2ccc(O)c(Cl)c2)o1. The maximum atomic E-state index is 9.58. The lowest BCUT2D eigenvalue weighted by atomic mass is 10.2. The van der Waals surface area contributed by atoms with Crippen molar-refractivity contribution in [3.63, 3.8) is 0 Å². The van der Waals surface area contributed by atoms with Crippen LogP contribution in [0, 0.1) is 0 Å². The Balaban J connectivity index is 2.32. The lowest BCUT2D eigenvalue weighted by Gasteiger charge is -2.08. The van der Waals surface area contributed by atoms with Gasteiger partial charge in [0, 0.05) is 5.56 Å². The topological polar surface area (TPSA) is 86.7 Å². The Morgan fingerprint density at radius 3 is 2.67 bits per heavy atom. The van der Waals surface area contributed by atoms with Gasteiger partial charge in [0.1, 0.15) is 5.75 Å². The molecule has 0 aliphatic rings. The molecule has 3 N–H and O–H groups in total. The second-order valence-electron chi connectivity index (χ2n) is 3.91. The predicted molar refractivity (Wildman–Crippen MR) is 65.3 cm³/mol. The number of hydrogen-bond acceptors (Lipinski definition) is 5. The number of phenolic OH excluding ortho intramolecular Hbond substituents is 1. The summed E-state index contributed by atoms with van der Waals surface area (Å²) in [6.07, 6.45) is -0.727. The number of phenols is 1. The van der Waals surface area contributed by atoms with Gasteiger partial charge in [-0.3, -0.25) is 0 Å². The normalized spacial score (nSPS) is 14.4. The highest BCUT2D eigenvalue weighted by atomic mass is 35.5. The maximum Gasteiger partial charge on any atom is 0.226 e. The highest BCUT2D eigenvalue weighted by Gasteiger charge is 2.20. The number of aliphatic hydroxyl groups excluding tert-OH is 2. The number of rotatable bonds is 3. The fourth-order valence-electron chi connectivity index (χ4n) is 1.42. The van der Waals surface area contributed by atoms with Crippen molar-refractivity contribution >= 4 is 11.6 Å². The van der Waals surface area contributed by atoms with Crippen LogP contribution in [-0.4, -0.2) is 26.4 Å². The van der Waals surface area contributed by atoms with Crippen molar-refractivity contribution in [3.05, 3.63) is 35.3 Å². The summed E-state index contributed by atoms with van der Waals surface area (Å²) in [5.41, 5.74) is 0.620. The van der Waals surface area contributed by atoms with Crippen molar-refractivity contribution in [3.8, 4) is 17.1 Å². The van der Waals surface area contributed by atoms with E-state index in [-0.39, 0.29) is 16.7 Å². The van der Waals surface area contributed by atoms with Gasteiger partial charge in [0.15, 0.2) is 11.9 Å². The minimum Gasteiger partial charge on any atom is -0.506 e. The van der Waals surface area contributed by atoms with Gasteiger partial charge in [-0.05, 0) is 25.1 Å². The molecule has 0 fully saturated rings. The summed E-state index contributed by atoms with van der Waals surface area (Å²) >= 11 is 5.78. The van der Waals surface area contributed by atoms with Crippen LogP contribution in [0.2, 0.25) is 5.02 Å². The molecular weight excluding hydrogens is 258 g/mol. The van der Waals surface area contributed by atoms with Crippen LogP contribution in [0.15, 0.2) is 28.8 Å². The molecule has 2 aromatic rings. The average Bonchev–Trinajstić information content (AvgIpc) is 2.81. The van der Waals surface area contributed by atoms with E-state index in [1.165, 1.54) is 25.3 Å². The van der Waals surface area contributed by atoms with Crippen LogP contribution in [0.4, 0.5) is 0 Å². The van der Waals surface area contributed by atoms with E-state index in [1.54, 1.807) is 6.07 Å². The summed E-state index contributed by atoms with van der Waals surface area (Å²) in [4.78, 5) is 3.88. The largest absolute Gasteiger partial charge is 0.506 e. The number of nitrogens with zero attached hydrogens (tertiary/aromatic N) is 1. The smallest absolute Gasteiger partial charge is 0.226 e. The van der Waals surface area contributed by atoms with Gasteiger partial charge in [-0.25, -0.2) is 4.98 Å². The van der Waals surface area contributed by atoms with Crippen LogP contribution in [0.25, 0.3) is 11.3 Å². The molecule has 0 radical (unpaired) electrons. The summed E-state index contributed by atoms with van der Waals surface area (Å²) in [5.74, 6) is 0.403. The van der Waals surface area contributed by atoms with Gasteiger partial charge in [0.2, 0.25) is 5.89 Å². The van der Waals surface area contributed by atoms with E-state index in [4.69, 9.17) is 16.0 Å². The first-order chi connectivity index (χ1) is 8.49. The lowest BCUT2D eigenvalue weighted by molar-refractivity contribution is 0.0138. The van der Waals surface area contributed by atoms with Crippen LogP contribution in [0.1, 0.15) is 18.9 Å². The van der Waals surface area contributed by atoms with E-state index in [2.05, 4.69) is 4.98 Å². The maximum absolute atomic E-state index is 9.58. The average molecular weight is 270 g/mol. The molecule has 0 saturated carbocycles. The number of benzene rings is 1. The molecule has 0 bridgehead atoms. The molecule has 1 heterocycles. The molecule has 96 valence electrons. The van der Waals surface area contributed by atoms with E-state index >= 15 is 0 Å². The molecule has 1 aromatic carbocycles. The molecule has 2 rings (SSSR count). The molecule has 0 saturated heterocycles. The number of halogens is 1. The van der Waals surface area contributed by atoms with E-state index in [9.17, 15) is 15.3 Å². The summed E-state index contributed by atoms with van der Waals surface area (Å²) in [6, 6.07) is 4.57. The first kappa shape index (κ1) is 12.9. The summed E-state index contributed by atoms with van der Waals surface area (Å²) in [6.45, 7) is 1.44. The molecule has 6 heteroatoms. The fourth-order valence-corrected chi connectivity index (χ4v) is 1.60. The van der Waals surface area contributed by atoms with E-state index in [1.807, 2.05) is 0 Å². The Morgan fingerprint density at radius 2 is 2.06 bits per heavy atom. The van der Waals surface area contributed by atoms with Gasteiger partial charge in [-0.15, -0.1) is 0 Å². The molecule has 0 amide bonds. The standard InChI is InChI=1S/C12H12ClNO4/c1-6(15)11(17)12-14-5-10(18-12)7-2-3-9(16)8(13)4-7/h2-6,11,15-17H,1H3. The van der Waals surface area contributed by atoms with Crippen LogP contribution in [0.3, 0.4) is 0 Å². The summed E-state index contributed by atoms with van der Waals surface area (Å²) in [5, 5.41) is 28.3. The minimum atomic E-state index is -1.17. The minimum absolute atomic E-state index is 0.0239. The Hall–Kier alpha value is -1.56. The van der Waals surface area contributed by atoms with Crippen LogP contribution in [0.5, 0.6) is 5.75 Å².